The number of hydrogen-bond donors (Lipinski definition) is 0. The second-order valence-electron chi connectivity index (χ2n) is 2.81. The van der Waals surface area contributed by atoms with E-state index in [4.69, 9.17) is 0 Å². The molecule has 1 rings (SSSR count). The topological polar surface area (TPSA) is 69.0 Å². The normalized spacial score (nSPS) is 11.6. The minimum absolute atomic E-state index is 0.0855. The molecule has 72 valence electrons. The molecule has 0 fully saturated rings. The maximum absolute atomic E-state index is 11.1. The van der Waals surface area contributed by atoms with Crippen molar-refractivity contribution in [3.05, 3.63) is 11.9 Å². The number of ketones is 1. The number of carbonyl (C=O) groups is 1. The standard InChI is InChI=1S/C7H10N2O3S/c1-5(10)6-4-8-7(9(6)2)13(3,11)12/h4H,1-3H3. The Balaban J connectivity index is 3.39. The average molecular weight is 202 g/mol. The summed E-state index contributed by atoms with van der Waals surface area (Å²) in [5.74, 6) is -0.204. The van der Waals surface area contributed by atoms with Crippen molar-refractivity contribution in [3.8, 4) is 0 Å². The molecule has 0 radical (unpaired) electrons. The molecule has 0 spiro atoms. The van der Waals surface area contributed by atoms with E-state index >= 15 is 0 Å². The largest absolute Gasteiger partial charge is 0.316 e. The predicted octanol–water partition coefficient (Wildman–Crippen LogP) is 0.0262. The summed E-state index contributed by atoms with van der Waals surface area (Å²) in [5.41, 5.74) is 0.292. The lowest BCUT2D eigenvalue weighted by molar-refractivity contribution is 0.100. The van der Waals surface area contributed by atoms with Crippen molar-refractivity contribution in [2.75, 3.05) is 6.26 Å². The molecule has 1 aromatic rings. The minimum Gasteiger partial charge on any atom is -0.316 e. The minimum atomic E-state index is -3.35. The van der Waals surface area contributed by atoms with Gasteiger partial charge in [0, 0.05) is 20.2 Å². The van der Waals surface area contributed by atoms with Gasteiger partial charge in [0.05, 0.1) is 6.20 Å². The van der Waals surface area contributed by atoms with E-state index in [2.05, 4.69) is 4.98 Å². The zero-order chi connectivity index (χ0) is 10.2. The number of sulfone groups is 1. The lowest BCUT2D eigenvalue weighted by Crippen LogP contribution is -2.09. The first-order chi connectivity index (χ1) is 5.84. The van der Waals surface area contributed by atoms with E-state index in [-0.39, 0.29) is 10.9 Å². The molecule has 1 heterocycles. The number of carbonyl (C=O) groups excluding carboxylic acids is 1. The first-order valence-electron chi connectivity index (χ1n) is 3.56. The Hall–Kier alpha value is -1.17. The molecule has 0 aliphatic carbocycles. The number of Topliss-reactive ketones (excluding diaryl/α,β-unsaturated/α-hetero) is 1. The van der Waals surface area contributed by atoms with Crippen molar-refractivity contribution < 1.29 is 13.2 Å². The zero-order valence-electron chi connectivity index (χ0n) is 7.60. The van der Waals surface area contributed by atoms with E-state index in [1.807, 2.05) is 0 Å². The van der Waals surface area contributed by atoms with E-state index in [1.165, 1.54) is 24.7 Å². The van der Waals surface area contributed by atoms with Gasteiger partial charge in [0.1, 0.15) is 5.69 Å². The molecule has 0 atom stereocenters. The molecule has 0 unspecified atom stereocenters. The maximum atomic E-state index is 11.1. The lowest BCUT2D eigenvalue weighted by Gasteiger charge is -2.00. The third-order valence-corrected chi connectivity index (χ3v) is 2.68. The Morgan fingerprint density at radius 1 is 1.54 bits per heavy atom. The van der Waals surface area contributed by atoms with E-state index < -0.39 is 9.84 Å². The van der Waals surface area contributed by atoms with Crippen LogP contribution in [0.1, 0.15) is 17.4 Å². The monoisotopic (exact) mass is 202 g/mol. The van der Waals surface area contributed by atoms with Gasteiger partial charge in [0.25, 0.3) is 0 Å². The van der Waals surface area contributed by atoms with Gasteiger partial charge in [-0.15, -0.1) is 0 Å². The molecule has 0 saturated carbocycles. The van der Waals surface area contributed by atoms with Gasteiger partial charge in [0.15, 0.2) is 5.78 Å². The van der Waals surface area contributed by atoms with Gasteiger partial charge >= 0.3 is 0 Å². The van der Waals surface area contributed by atoms with Crippen molar-refractivity contribution in [1.82, 2.24) is 9.55 Å². The fraction of sp³-hybridized carbons (Fsp3) is 0.429. The Labute approximate surface area is 76.3 Å². The smallest absolute Gasteiger partial charge is 0.227 e. The highest BCUT2D eigenvalue weighted by atomic mass is 32.2. The first-order valence-corrected chi connectivity index (χ1v) is 5.46. The zero-order valence-corrected chi connectivity index (χ0v) is 8.42. The maximum Gasteiger partial charge on any atom is 0.227 e. The summed E-state index contributed by atoms with van der Waals surface area (Å²) in [7, 11) is -1.85. The van der Waals surface area contributed by atoms with Crippen molar-refractivity contribution in [2.45, 2.75) is 12.1 Å². The van der Waals surface area contributed by atoms with Crippen molar-refractivity contribution >= 4 is 15.6 Å². The highest BCUT2D eigenvalue weighted by Crippen LogP contribution is 2.09. The summed E-state index contributed by atoms with van der Waals surface area (Å²) >= 11 is 0. The van der Waals surface area contributed by atoms with Crippen LogP contribution in [-0.2, 0) is 16.9 Å². The molecule has 5 nitrogen and oxygen atoms in total. The quantitative estimate of drug-likeness (QED) is 0.634. The molecule has 0 saturated heterocycles. The SMILES string of the molecule is CC(=O)c1cnc(S(C)(=O)=O)n1C. The average Bonchev–Trinajstić information content (AvgIpc) is 2.28. The van der Waals surface area contributed by atoms with E-state index in [0.717, 1.165) is 6.26 Å². The number of aromatic nitrogens is 2. The van der Waals surface area contributed by atoms with Gasteiger partial charge in [-0.25, -0.2) is 13.4 Å². The third kappa shape index (κ3) is 1.77. The Kier molecular flexibility index (Phi) is 2.25. The van der Waals surface area contributed by atoms with Gasteiger partial charge < -0.3 is 4.57 Å². The second-order valence-corrected chi connectivity index (χ2v) is 4.72. The molecule has 0 N–H and O–H groups in total. The highest BCUT2D eigenvalue weighted by molar-refractivity contribution is 7.90. The van der Waals surface area contributed by atoms with Crippen LogP contribution in [0.5, 0.6) is 0 Å². The number of rotatable bonds is 2. The van der Waals surface area contributed by atoms with Gasteiger partial charge in [-0.05, 0) is 0 Å². The van der Waals surface area contributed by atoms with Crippen molar-refractivity contribution in [3.63, 3.8) is 0 Å². The molecule has 1 aromatic heterocycles. The van der Waals surface area contributed by atoms with Crippen LogP contribution in [0.4, 0.5) is 0 Å². The van der Waals surface area contributed by atoms with E-state index in [0.29, 0.717) is 5.69 Å². The Morgan fingerprint density at radius 2 is 2.08 bits per heavy atom. The molecule has 0 aliphatic rings. The van der Waals surface area contributed by atoms with Crippen LogP contribution in [0.2, 0.25) is 0 Å². The Morgan fingerprint density at radius 3 is 2.31 bits per heavy atom. The van der Waals surface area contributed by atoms with E-state index in [1.54, 1.807) is 0 Å². The van der Waals surface area contributed by atoms with Gasteiger partial charge in [-0.1, -0.05) is 0 Å². The van der Waals surface area contributed by atoms with E-state index in [9.17, 15) is 13.2 Å². The van der Waals surface area contributed by atoms with Gasteiger partial charge in [0.2, 0.25) is 15.0 Å². The van der Waals surface area contributed by atoms with Crippen molar-refractivity contribution in [2.24, 2.45) is 7.05 Å². The number of imidazole rings is 1. The summed E-state index contributed by atoms with van der Waals surface area (Å²) in [6.45, 7) is 1.36. The van der Waals surface area contributed by atoms with Crippen LogP contribution in [-0.4, -0.2) is 30.0 Å². The molecular formula is C7H10N2O3S. The summed E-state index contributed by atoms with van der Waals surface area (Å²) in [6.07, 6.45) is 2.32. The fourth-order valence-electron chi connectivity index (χ4n) is 1.06. The summed E-state index contributed by atoms with van der Waals surface area (Å²) in [4.78, 5) is 14.6. The van der Waals surface area contributed by atoms with Crippen LogP contribution in [0.15, 0.2) is 11.4 Å². The molecule has 6 heteroatoms. The molecule has 0 bridgehead atoms. The van der Waals surface area contributed by atoms with Gasteiger partial charge in [-0.3, -0.25) is 4.79 Å². The molecule has 0 aromatic carbocycles. The predicted molar refractivity (Wildman–Crippen MR) is 46.3 cm³/mol. The van der Waals surface area contributed by atoms with Crippen LogP contribution in [0, 0.1) is 0 Å². The molecular weight excluding hydrogens is 192 g/mol. The van der Waals surface area contributed by atoms with Crippen molar-refractivity contribution in [1.29, 1.82) is 0 Å². The first kappa shape index (κ1) is 9.91. The Bertz CT molecular complexity index is 444. The molecule has 0 aliphatic heterocycles. The van der Waals surface area contributed by atoms with Crippen LogP contribution >= 0.6 is 0 Å². The molecule has 0 amide bonds. The highest BCUT2D eigenvalue weighted by Gasteiger charge is 2.17. The number of hydrogen-bond acceptors (Lipinski definition) is 4. The van der Waals surface area contributed by atoms with Gasteiger partial charge in [-0.2, -0.15) is 0 Å². The molecule has 13 heavy (non-hydrogen) atoms. The van der Waals surface area contributed by atoms with Crippen LogP contribution in [0.25, 0.3) is 0 Å². The second kappa shape index (κ2) is 2.95. The summed E-state index contributed by atoms with van der Waals surface area (Å²) < 4.78 is 23.5. The van der Waals surface area contributed by atoms with Crippen LogP contribution in [0.3, 0.4) is 0 Å². The summed E-state index contributed by atoms with van der Waals surface area (Å²) in [5, 5.41) is -0.0855. The third-order valence-electron chi connectivity index (χ3n) is 1.64. The fourth-order valence-corrected chi connectivity index (χ4v) is 1.90. The lowest BCUT2D eigenvalue weighted by atomic mass is 10.3. The van der Waals surface area contributed by atoms with Crippen LogP contribution < -0.4 is 0 Å². The number of nitrogens with zero attached hydrogens (tertiary/aromatic N) is 2. The summed E-state index contributed by atoms with van der Waals surface area (Å²) in [6, 6.07) is 0.